The van der Waals surface area contributed by atoms with Crippen LogP contribution in [-0.2, 0) is 6.54 Å². The Balaban J connectivity index is 0.00000240. The molecule has 0 fully saturated rings. The Morgan fingerprint density at radius 2 is 1.59 bits per heavy atom. The number of aromatic nitrogens is 2. The quantitative estimate of drug-likeness (QED) is 0.333. The van der Waals surface area contributed by atoms with E-state index in [2.05, 4.69) is 66.1 Å². The van der Waals surface area contributed by atoms with Gasteiger partial charge in [0.15, 0.2) is 0 Å². The number of ether oxygens (including phenoxy) is 1. The van der Waals surface area contributed by atoms with E-state index in [0.717, 1.165) is 35.6 Å². The van der Waals surface area contributed by atoms with E-state index in [4.69, 9.17) is 9.72 Å². The first-order chi connectivity index (χ1) is 13.8. The lowest BCUT2D eigenvalue weighted by atomic mass is 10.2. The Labute approximate surface area is 178 Å². The molecule has 0 aliphatic rings. The number of para-hydroxylation sites is 2. The highest BCUT2D eigenvalue weighted by Crippen LogP contribution is 2.19. The van der Waals surface area contributed by atoms with E-state index in [9.17, 15) is 0 Å². The van der Waals surface area contributed by atoms with Crippen LogP contribution >= 0.6 is 12.4 Å². The summed E-state index contributed by atoms with van der Waals surface area (Å²) in [4.78, 5) is 4.81. The average Bonchev–Trinajstić information content (AvgIpc) is 3.09. The Hall–Kier alpha value is -3.04. The summed E-state index contributed by atoms with van der Waals surface area (Å²) in [6.07, 6.45) is 5.12. The highest BCUT2D eigenvalue weighted by atomic mass is 35.5. The van der Waals surface area contributed by atoms with Crippen LogP contribution in [0.25, 0.3) is 23.2 Å². The van der Waals surface area contributed by atoms with Gasteiger partial charge < -0.3 is 9.30 Å². The molecule has 0 saturated heterocycles. The normalized spacial score (nSPS) is 10.9. The van der Waals surface area contributed by atoms with Crippen molar-refractivity contribution in [2.45, 2.75) is 19.9 Å². The van der Waals surface area contributed by atoms with Crippen LogP contribution in [-0.4, -0.2) is 16.2 Å². The second-order valence-electron chi connectivity index (χ2n) is 6.87. The van der Waals surface area contributed by atoms with E-state index in [0.29, 0.717) is 6.61 Å². The van der Waals surface area contributed by atoms with Gasteiger partial charge in [-0.15, -0.1) is 12.4 Å². The zero-order valence-electron chi connectivity index (χ0n) is 16.5. The molecule has 1 aromatic heterocycles. The fourth-order valence-corrected chi connectivity index (χ4v) is 3.24. The molecule has 4 heteroatoms. The molecular formula is C25H25ClN2O. The van der Waals surface area contributed by atoms with E-state index >= 15 is 0 Å². The fraction of sp³-hybridized carbons (Fsp3) is 0.160. The van der Waals surface area contributed by atoms with Crippen molar-refractivity contribution in [1.82, 2.24) is 9.55 Å². The molecule has 0 unspecified atom stereocenters. The van der Waals surface area contributed by atoms with Crippen molar-refractivity contribution in [3.8, 4) is 5.75 Å². The molecule has 0 atom stereocenters. The van der Waals surface area contributed by atoms with Crippen molar-refractivity contribution in [3.63, 3.8) is 0 Å². The summed E-state index contributed by atoms with van der Waals surface area (Å²) in [6.45, 7) is 3.62. The smallest absolute Gasteiger partial charge is 0.133 e. The van der Waals surface area contributed by atoms with Crippen LogP contribution in [0.3, 0.4) is 0 Å². The van der Waals surface area contributed by atoms with Gasteiger partial charge in [-0.25, -0.2) is 4.98 Å². The lowest BCUT2D eigenvalue weighted by molar-refractivity contribution is 0.302. The van der Waals surface area contributed by atoms with Gasteiger partial charge in [-0.1, -0.05) is 66.2 Å². The molecule has 0 bridgehead atoms. The van der Waals surface area contributed by atoms with Gasteiger partial charge in [-0.3, -0.25) is 0 Å². The molecule has 0 N–H and O–H groups in total. The molecule has 0 aliphatic carbocycles. The summed E-state index contributed by atoms with van der Waals surface area (Å²) < 4.78 is 8.16. The van der Waals surface area contributed by atoms with Crippen molar-refractivity contribution in [2.24, 2.45) is 0 Å². The van der Waals surface area contributed by atoms with Gasteiger partial charge in [0.1, 0.15) is 11.6 Å². The highest BCUT2D eigenvalue weighted by Gasteiger charge is 2.08. The number of fused-ring (bicyclic) bond motifs is 1. The van der Waals surface area contributed by atoms with Crippen molar-refractivity contribution in [1.29, 1.82) is 0 Å². The van der Waals surface area contributed by atoms with Crippen LogP contribution in [0.15, 0.2) is 78.9 Å². The summed E-state index contributed by atoms with van der Waals surface area (Å²) in [5.41, 5.74) is 4.59. The number of rotatable bonds is 7. The van der Waals surface area contributed by atoms with Gasteiger partial charge in [0.2, 0.25) is 0 Å². The molecule has 4 rings (SSSR count). The Morgan fingerprint density at radius 1 is 0.862 bits per heavy atom. The highest BCUT2D eigenvalue weighted by molar-refractivity contribution is 5.85. The Bertz CT molecular complexity index is 1070. The average molecular weight is 405 g/mol. The third kappa shape index (κ3) is 5.27. The maximum Gasteiger partial charge on any atom is 0.133 e. The van der Waals surface area contributed by atoms with Gasteiger partial charge in [0, 0.05) is 6.54 Å². The summed E-state index contributed by atoms with van der Waals surface area (Å²) >= 11 is 0. The molecule has 0 saturated carbocycles. The van der Waals surface area contributed by atoms with Crippen molar-refractivity contribution < 1.29 is 4.74 Å². The summed E-state index contributed by atoms with van der Waals surface area (Å²) in [6, 6.07) is 26.8. The predicted molar refractivity (Wildman–Crippen MR) is 124 cm³/mol. The predicted octanol–water partition coefficient (Wildman–Crippen LogP) is 6.41. The number of halogens is 1. The Kier molecular flexibility index (Phi) is 7.09. The standard InChI is InChI=1S/C25H24N2O.ClH/c1-20-12-15-22(16-13-20)28-19-7-18-27-24-11-6-5-10-23(24)26-25(27)17-14-21-8-3-2-4-9-21;/h2-6,8-17H,7,18-19H2,1H3;1H/b17-14+;. The zero-order valence-corrected chi connectivity index (χ0v) is 17.3. The lowest BCUT2D eigenvalue weighted by Crippen LogP contribution is -2.06. The molecular weight excluding hydrogens is 380 g/mol. The first-order valence-electron chi connectivity index (χ1n) is 9.67. The van der Waals surface area contributed by atoms with Crippen molar-refractivity contribution in [2.75, 3.05) is 6.61 Å². The SMILES string of the molecule is Cc1ccc(OCCCn2c(/C=C/c3ccccc3)nc3ccccc32)cc1.Cl. The molecule has 4 aromatic rings. The van der Waals surface area contributed by atoms with Crippen LogP contribution in [0.1, 0.15) is 23.4 Å². The summed E-state index contributed by atoms with van der Waals surface area (Å²) in [7, 11) is 0. The Morgan fingerprint density at radius 3 is 2.38 bits per heavy atom. The molecule has 3 aromatic carbocycles. The third-order valence-electron chi connectivity index (χ3n) is 4.72. The first kappa shape index (κ1) is 20.7. The molecule has 0 radical (unpaired) electrons. The number of hydrogen-bond acceptors (Lipinski definition) is 2. The molecule has 29 heavy (non-hydrogen) atoms. The van der Waals surface area contributed by atoms with E-state index in [1.54, 1.807) is 0 Å². The van der Waals surface area contributed by atoms with Crippen molar-refractivity contribution >= 4 is 35.6 Å². The monoisotopic (exact) mass is 404 g/mol. The summed E-state index contributed by atoms with van der Waals surface area (Å²) in [5.74, 6) is 1.89. The third-order valence-corrected chi connectivity index (χ3v) is 4.72. The fourth-order valence-electron chi connectivity index (χ4n) is 3.24. The lowest BCUT2D eigenvalue weighted by Gasteiger charge is -2.09. The first-order valence-corrected chi connectivity index (χ1v) is 9.67. The number of imidazole rings is 1. The van der Waals surface area contributed by atoms with Crippen LogP contribution in [0, 0.1) is 6.92 Å². The van der Waals surface area contributed by atoms with Crippen molar-refractivity contribution in [3.05, 3.63) is 95.8 Å². The van der Waals surface area contributed by atoms with Gasteiger partial charge >= 0.3 is 0 Å². The minimum atomic E-state index is 0. The minimum Gasteiger partial charge on any atom is -0.494 e. The van der Waals surface area contributed by atoms with E-state index in [-0.39, 0.29) is 12.4 Å². The molecule has 3 nitrogen and oxygen atoms in total. The van der Waals surface area contributed by atoms with Crippen LogP contribution in [0.4, 0.5) is 0 Å². The maximum absolute atomic E-state index is 5.89. The largest absolute Gasteiger partial charge is 0.494 e. The number of nitrogens with zero attached hydrogens (tertiary/aromatic N) is 2. The van der Waals surface area contributed by atoms with Gasteiger partial charge in [-0.05, 0) is 49.2 Å². The summed E-state index contributed by atoms with van der Waals surface area (Å²) in [5, 5.41) is 0. The topological polar surface area (TPSA) is 27.1 Å². The second kappa shape index (κ2) is 9.94. The second-order valence-corrected chi connectivity index (χ2v) is 6.87. The molecule has 0 spiro atoms. The van der Waals surface area contributed by atoms with Crippen LogP contribution in [0.5, 0.6) is 5.75 Å². The molecule has 148 valence electrons. The zero-order chi connectivity index (χ0) is 19.2. The van der Waals surface area contributed by atoms with Gasteiger partial charge in [0.25, 0.3) is 0 Å². The molecule has 1 heterocycles. The minimum absolute atomic E-state index is 0. The number of hydrogen-bond donors (Lipinski definition) is 0. The van der Waals surface area contributed by atoms with E-state index in [1.807, 2.05) is 36.4 Å². The number of aryl methyl sites for hydroxylation is 2. The molecule has 0 aliphatic heterocycles. The number of benzene rings is 3. The van der Waals surface area contributed by atoms with Gasteiger partial charge in [-0.2, -0.15) is 0 Å². The van der Waals surface area contributed by atoms with E-state index < -0.39 is 0 Å². The van der Waals surface area contributed by atoms with Gasteiger partial charge in [0.05, 0.1) is 17.6 Å². The molecule has 0 amide bonds. The van der Waals surface area contributed by atoms with Crippen LogP contribution < -0.4 is 4.74 Å². The van der Waals surface area contributed by atoms with E-state index in [1.165, 1.54) is 11.1 Å². The van der Waals surface area contributed by atoms with Crippen LogP contribution in [0.2, 0.25) is 0 Å². The maximum atomic E-state index is 5.89.